The molecule has 0 aliphatic heterocycles. The highest BCUT2D eigenvalue weighted by Gasteiger charge is 2.05. The van der Waals surface area contributed by atoms with Crippen molar-refractivity contribution in [3.8, 4) is 0 Å². The summed E-state index contributed by atoms with van der Waals surface area (Å²) in [6.07, 6.45) is 1.79. The molecule has 1 heterocycles. The number of rotatable bonds is 2. The molecule has 1 aromatic heterocycles. The first-order chi connectivity index (χ1) is 5.15. The van der Waals surface area contributed by atoms with Crippen molar-refractivity contribution in [2.45, 2.75) is 24.9 Å². The van der Waals surface area contributed by atoms with Crippen molar-refractivity contribution in [1.29, 1.82) is 0 Å². The van der Waals surface area contributed by atoms with Crippen LogP contribution in [-0.2, 0) is 0 Å². The lowest BCUT2D eigenvalue weighted by Gasteiger charge is -2.02. The van der Waals surface area contributed by atoms with Crippen LogP contribution in [0.15, 0.2) is 11.2 Å². The highest BCUT2D eigenvalue weighted by molar-refractivity contribution is 7.97. The zero-order chi connectivity index (χ0) is 8.43. The molecule has 0 radical (unpaired) electrons. The molecule has 11 heavy (non-hydrogen) atoms. The van der Waals surface area contributed by atoms with E-state index in [0.29, 0.717) is 16.8 Å². The first kappa shape index (κ1) is 8.42. The summed E-state index contributed by atoms with van der Waals surface area (Å²) in [7, 11) is 0. The minimum Gasteiger partial charge on any atom is -0.395 e. The van der Waals surface area contributed by atoms with Gasteiger partial charge in [-0.3, -0.25) is 9.82 Å². The second kappa shape index (κ2) is 3.15. The zero-order valence-corrected chi connectivity index (χ0v) is 7.43. The SMILES string of the molecule is CC(C)n1cc(N)c(SN)n1. The monoisotopic (exact) mass is 172 g/mol. The molecule has 4 nitrogen and oxygen atoms in total. The van der Waals surface area contributed by atoms with Crippen LogP contribution in [-0.4, -0.2) is 9.78 Å². The van der Waals surface area contributed by atoms with E-state index in [4.69, 9.17) is 10.9 Å². The molecule has 4 N–H and O–H groups in total. The van der Waals surface area contributed by atoms with Gasteiger partial charge in [-0.05, 0) is 25.8 Å². The molecule has 0 aliphatic rings. The number of aromatic nitrogens is 2. The molecule has 0 amide bonds. The van der Waals surface area contributed by atoms with E-state index in [2.05, 4.69) is 5.10 Å². The summed E-state index contributed by atoms with van der Waals surface area (Å²) in [6, 6.07) is 0.332. The minimum atomic E-state index is 0.332. The van der Waals surface area contributed by atoms with Crippen LogP contribution in [0, 0.1) is 0 Å². The Morgan fingerprint density at radius 2 is 2.27 bits per heavy atom. The molecular formula is C6H12N4S. The summed E-state index contributed by atoms with van der Waals surface area (Å²) < 4.78 is 1.80. The van der Waals surface area contributed by atoms with Crippen LogP contribution >= 0.6 is 11.9 Å². The van der Waals surface area contributed by atoms with Crippen LogP contribution in [0.4, 0.5) is 5.69 Å². The van der Waals surface area contributed by atoms with E-state index in [-0.39, 0.29) is 0 Å². The molecule has 0 atom stereocenters. The molecule has 1 aromatic rings. The molecule has 0 unspecified atom stereocenters. The van der Waals surface area contributed by atoms with Crippen LogP contribution in [0.3, 0.4) is 0 Å². The third-order valence-electron chi connectivity index (χ3n) is 1.37. The highest BCUT2D eigenvalue weighted by Crippen LogP contribution is 2.19. The van der Waals surface area contributed by atoms with Crippen LogP contribution in [0.5, 0.6) is 0 Å². The van der Waals surface area contributed by atoms with Crippen LogP contribution in [0.2, 0.25) is 0 Å². The van der Waals surface area contributed by atoms with E-state index in [1.807, 2.05) is 13.8 Å². The number of hydrogen-bond donors (Lipinski definition) is 2. The Bertz CT molecular complexity index is 243. The molecule has 0 aliphatic carbocycles. The average molecular weight is 172 g/mol. The Balaban J connectivity index is 2.95. The fourth-order valence-electron chi connectivity index (χ4n) is 0.745. The number of nitrogen functional groups attached to an aromatic ring is 1. The first-order valence-electron chi connectivity index (χ1n) is 3.36. The van der Waals surface area contributed by atoms with Gasteiger partial charge in [0.05, 0.1) is 5.69 Å². The lowest BCUT2D eigenvalue weighted by molar-refractivity contribution is 0.522. The van der Waals surface area contributed by atoms with Crippen molar-refractivity contribution >= 4 is 17.6 Å². The number of anilines is 1. The average Bonchev–Trinajstić information content (AvgIpc) is 2.31. The number of nitrogens with zero attached hydrogens (tertiary/aromatic N) is 2. The summed E-state index contributed by atoms with van der Waals surface area (Å²) in [4.78, 5) is 0. The van der Waals surface area contributed by atoms with Gasteiger partial charge in [-0.2, -0.15) is 5.10 Å². The second-order valence-electron chi connectivity index (χ2n) is 2.58. The van der Waals surface area contributed by atoms with Crippen molar-refractivity contribution < 1.29 is 0 Å². The Hall–Kier alpha value is -0.680. The largest absolute Gasteiger partial charge is 0.395 e. The Morgan fingerprint density at radius 3 is 2.55 bits per heavy atom. The summed E-state index contributed by atoms with van der Waals surface area (Å²) >= 11 is 1.08. The maximum atomic E-state index is 5.61. The molecule has 0 aromatic carbocycles. The van der Waals surface area contributed by atoms with Crippen molar-refractivity contribution in [2.75, 3.05) is 5.73 Å². The Morgan fingerprint density at radius 1 is 1.64 bits per heavy atom. The lowest BCUT2D eigenvalue weighted by atomic mass is 10.4. The van der Waals surface area contributed by atoms with E-state index in [0.717, 1.165) is 11.9 Å². The van der Waals surface area contributed by atoms with E-state index < -0.39 is 0 Å². The summed E-state index contributed by atoms with van der Waals surface area (Å²) in [5.41, 5.74) is 6.25. The van der Waals surface area contributed by atoms with Crippen molar-refractivity contribution in [1.82, 2.24) is 9.78 Å². The predicted octanol–water partition coefficient (Wildman–Crippen LogP) is 1.01. The van der Waals surface area contributed by atoms with Crippen LogP contribution < -0.4 is 10.9 Å². The lowest BCUT2D eigenvalue weighted by Crippen LogP contribution is -2.00. The minimum absolute atomic E-state index is 0.332. The molecule has 0 saturated heterocycles. The topological polar surface area (TPSA) is 69.9 Å². The van der Waals surface area contributed by atoms with Gasteiger partial charge < -0.3 is 5.73 Å². The smallest absolute Gasteiger partial charge is 0.156 e. The van der Waals surface area contributed by atoms with E-state index >= 15 is 0 Å². The fraction of sp³-hybridized carbons (Fsp3) is 0.500. The van der Waals surface area contributed by atoms with E-state index in [1.165, 1.54) is 0 Å². The van der Waals surface area contributed by atoms with Crippen molar-refractivity contribution in [3.05, 3.63) is 6.20 Å². The van der Waals surface area contributed by atoms with E-state index in [9.17, 15) is 0 Å². The second-order valence-corrected chi connectivity index (χ2v) is 3.20. The Labute approximate surface area is 70.1 Å². The highest BCUT2D eigenvalue weighted by atomic mass is 32.2. The van der Waals surface area contributed by atoms with Crippen LogP contribution in [0.1, 0.15) is 19.9 Å². The quantitative estimate of drug-likeness (QED) is 0.653. The van der Waals surface area contributed by atoms with Gasteiger partial charge >= 0.3 is 0 Å². The number of hydrogen-bond acceptors (Lipinski definition) is 4. The van der Waals surface area contributed by atoms with E-state index in [1.54, 1.807) is 10.9 Å². The first-order valence-corrected chi connectivity index (χ1v) is 4.24. The molecule has 0 bridgehead atoms. The number of nitrogens with two attached hydrogens (primary N) is 2. The molecular weight excluding hydrogens is 160 g/mol. The van der Waals surface area contributed by atoms with Gasteiger partial charge in [-0.15, -0.1) is 0 Å². The van der Waals surface area contributed by atoms with Gasteiger partial charge in [0.25, 0.3) is 0 Å². The summed E-state index contributed by atoms with van der Waals surface area (Å²) in [5, 5.41) is 10.2. The summed E-state index contributed by atoms with van der Waals surface area (Å²) in [6.45, 7) is 4.08. The third kappa shape index (κ3) is 1.66. The molecule has 5 heteroatoms. The van der Waals surface area contributed by atoms with Gasteiger partial charge in [0.15, 0.2) is 5.03 Å². The van der Waals surface area contributed by atoms with Gasteiger partial charge in [0, 0.05) is 12.2 Å². The normalized spacial score (nSPS) is 10.9. The maximum absolute atomic E-state index is 5.61. The van der Waals surface area contributed by atoms with Gasteiger partial charge in [-0.25, -0.2) is 0 Å². The van der Waals surface area contributed by atoms with Crippen molar-refractivity contribution in [3.63, 3.8) is 0 Å². The third-order valence-corrected chi connectivity index (χ3v) is 1.91. The fourth-order valence-corrected chi connectivity index (χ4v) is 1.08. The van der Waals surface area contributed by atoms with Crippen LogP contribution in [0.25, 0.3) is 0 Å². The van der Waals surface area contributed by atoms with Gasteiger partial charge in [0.2, 0.25) is 0 Å². The van der Waals surface area contributed by atoms with Gasteiger partial charge in [-0.1, -0.05) is 0 Å². The van der Waals surface area contributed by atoms with Crippen molar-refractivity contribution in [2.24, 2.45) is 5.14 Å². The van der Waals surface area contributed by atoms with Gasteiger partial charge in [0.1, 0.15) is 0 Å². The molecule has 62 valence electrons. The molecule has 0 saturated carbocycles. The standard InChI is InChI=1S/C6H12N4S/c1-4(2)10-3-5(7)6(9-10)11-8/h3-4H,7-8H2,1-2H3. The maximum Gasteiger partial charge on any atom is 0.156 e. The Kier molecular flexibility index (Phi) is 2.41. The molecule has 0 fully saturated rings. The zero-order valence-electron chi connectivity index (χ0n) is 6.61. The molecule has 1 rings (SSSR count). The summed E-state index contributed by atoms with van der Waals surface area (Å²) in [5.74, 6) is 0. The molecule has 0 spiro atoms. The predicted molar refractivity (Wildman–Crippen MR) is 47.1 cm³/mol.